The van der Waals surface area contributed by atoms with Crippen molar-refractivity contribution in [2.24, 2.45) is 0 Å². The quantitative estimate of drug-likeness (QED) is 0.819. The van der Waals surface area contributed by atoms with Gasteiger partial charge in [-0.25, -0.2) is 8.42 Å². The van der Waals surface area contributed by atoms with Crippen LogP contribution in [-0.4, -0.2) is 17.3 Å². The van der Waals surface area contributed by atoms with E-state index in [0.29, 0.717) is 0 Å². The first-order chi connectivity index (χ1) is 6.30. The Morgan fingerprint density at radius 1 is 1.50 bits per heavy atom. The second-order valence-corrected chi connectivity index (χ2v) is 5.99. The zero-order chi connectivity index (χ0) is 11.0. The molecule has 8 heteroatoms. The Morgan fingerprint density at radius 2 is 2.07 bits per heavy atom. The van der Waals surface area contributed by atoms with Crippen molar-refractivity contribution in [2.45, 2.75) is 8.81 Å². The molecule has 76 valence electrons. The number of H-pyrrole nitrogens is 1. The third-order valence-corrected chi connectivity index (χ3v) is 4.17. The summed E-state index contributed by atoms with van der Waals surface area (Å²) < 4.78 is 32.0. The van der Waals surface area contributed by atoms with E-state index in [-0.39, 0.29) is 5.56 Å². The lowest BCUT2D eigenvalue weighted by atomic mass is 10.4. The van der Waals surface area contributed by atoms with E-state index in [1.54, 1.807) is 6.07 Å². The predicted octanol–water partition coefficient (Wildman–Crippen LogP) is 1.72. The fourth-order valence-electron chi connectivity index (χ4n) is 0.784. The van der Waals surface area contributed by atoms with Crippen molar-refractivity contribution in [1.29, 1.82) is 5.26 Å². The number of hydrogen-bond donors (Lipinski definition) is 1. The summed E-state index contributed by atoms with van der Waals surface area (Å²) in [6.45, 7) is 0. The second kappa shape index (κ2) is 3.42. The first kappa shape index (κ1) is 11.3. The van der Waals surface area contributed by atoms with E-state index < -0.39 is 18.7 Å². The zero-order valence-electron chi connectivity index (χ0n) is 6.46. The maximum absolute atomic E-state index is 12.9. The maximum atomic E-state index is 12.9. The maximum Gasteiger partial charge on any atom is 0.362 e. The van der Waals surface area contributed by atoms with Crippen LogP contribution >= 0.6 is 23.2 Å². The number of sulfone groups is 1. The number of rotatable bonds is 2. The summed E-state index contributed by atoms with van der Waals surface area (Å²) in [4.78, 5) is 1.78. The molecule has 1 aromatic rings. The molecule has 0 radical (unpaired) electrons. The summed E-state index contributed by atoms with van der Waals surface area (Å²) >= 11 is 9.67. The molecular weight excluding hydrogens is 254 g/mol. The van der Waals surface area contributed by atoms with Crippen LogP contribution < -0.4 is 0 Å². The SMILES string of the molecule is N#Cc1c[nH]cc1S(=O)(=O)C(F)(Cl)Cl. The Hall–Kier alpha value is -0.770. The average molecular weight is 257 g/mol. The van der Waals surface area contributed by atoms with Gasteiger partial charge in [-0.2, -0.15) is 9.65 Å². The predicted molar refractivity (Wildman–Crippen MR) is 48.2 cm³/mol. The third-order valence-electron chi connectivity index (χ3n) is 1.42. The smallest absolute Gasteiger partial charge is 0.362 e. The summed E-state index contributed by atoms with van der Waals surface area (Å²) in [5.74, 6) is 0. The van der Waals surface area contributed by atoms with Gasteiger partial charge in [0.2, 0.25) is 9.84 Å². The van der Waals surface area contributed by atoms with Crippen molar-refractivity contribution < 1.29 is 12.8 Å². The summed E-state index contributed by atoms with van der Waals surface area (Å²) in [5, 5.41) is 8.49. The number of nitriles is 1. The Balaban J connectivity index is 3.41. The van der Waals surface area contributed by atoms with Crippen LogP contribution in [0.5, 0.6) is 0 Å². The topological polar surface area (TPSA) is 73.7 Å². The Labute approximate surface area is 89.2 Å². The van der Waals surface area contributed by atoms with Gasteiger partial charge >= 0.3 is 3.92 Å². The summed E-state index contributed by atoms with van der Waals surface area (Å²) in [6, 6.07) is 1.56. The summed E-state index contributed by atoms with van der Waals surface area (Å²) in [7, 11) is -4.57. The second-order valence-electron chi connectivity index (χ2n) is 2.29. The number of nitrogens with zero attached hydrogens (tertiary/aromatic N) is 1. The molecule has 0 aliphatic carbocycles. The fourth-order valence-corrected chi connectivity index (χ4v) is 2.15. The molecule has 1 rings (SSSR count). The van der Waals surface area contributed by atoms with Gasteiger partial charge in [-0.15, -0.1) is 0 Å². The normalized spacial score (nSPS) is 12.4. The van der Waals surface area contributed by atoms with Crippen molar-refractivity contribution in [1.82, 2.24) is 4.98 Å². The van der Waals surface area contributed by atoms with Crippen LogP contribution in [-0.2, 0) is 9.84 Å². The van der Waals surface area contributed by atoms with Crippen molar-refractivity contribution in [2.75, 3.05) is 0 Å². The van der Waals surface area contributed by atoms with Crippen molar-refractivity contribution in [3.63, 3.8) is 0 Å². The molecule has 0 saturated heterocycles. The molecule has 0 aliphatic heterocycles. The van der Waals surface area contributed by atoms with E-state index in [1.807, 2.05) is 0 Å². The van der Waals surface area contributed by atoms with E-state index in [9.17, 15) is 12.8 Å². The van der Waals surface area contributed by atoms with Gasteiger partial charge in [0.15, 0.2) is 0 Å². The van der Waals surface area contributed by atoms with Gasteiger partial charge in [0.1, 0.15) is 11.0 Å². The minimum absolute atomic E-state index is 0.242. The van der Waals surface area contributed by atoms with Gasteiger partial charge in [-0.3, -0.25) is 0 Å². The Morgan fingerprint density at radius 3 is 2.50 bits per heavy atom. The Kier molecular flexibility index (Phi) is 2.76. The molecular formula is C6H3Cl2FN2O2S. The summed E-state index contributed by atoms with van der Waals surface area (Å²) in [6.07, 6.45) is 2.04. The standard InChI is InChI=1S/C6H3Cl2FN2O2S/c7-6(8,9)14(12,13)5-3-11-2-4(5)1-10/h2-3,11H. The van der Waals surface area contributed by atoms with E-state index in [0.717, 1.165) is 12.4 Å². The van der Waals surface area contributed by atoms with E-state index in [2.05, 4.69) is 4.98 Å². The lowest BCUT2D eigenvalue weighted by molar-refractivity contribution is 0.469. The highest BCUT2D eigenvalue weighted by molar-refractivity contribution is 7.95. The highest BCUT2D eigenvalue weighted by Crippen LogP contribution is 2.36. The van der Waals surface area contributed by atoms with Crippen LogP contribution in [0.15, 0.2) is 17.3 Å². The molecule has 0 fully saturated rings. The number of aromatic nitrogens is 1. The van der Waals surface area contributed by atoms with Gasteiger partial charge in [0.25, 0.3) is 0 Å². The lowest BCUT2D eigenvalue weighted by Gasteiger charge is -2.08. The summed E-state index contributed by atoms with van der Waals surface area (Å²) in [5.41, 5.74) is -0.242. The minimum Gasteiger partial charge on any atom is -0.365 e. The number of aromatic amines is 1. The Bertz CT molecular complexity index is 483. The highest BCUT2D eigenvalue weighted by atomic mass is 35.5. The third kappa shape index (κ3) is 1.71. The monoisotopic (exact) mass is 256 g/mol. The molecule has 1 aromatic heterocycles. The van der Waals surface area contributed by atoms with Crippen LogP contribution in [0, 0.1) is 11.3 Å². The number of alkyl halides is 3. The van der Waals surface area contributed by atoms with Crippen LogP contribution in [0.4, 0.5) is 4.39 Å². The first-order valence-corrected chi connectivity index (χ1v) is 5.43. The lowest BCUT2D eigenvalue weighted by Crippen LogP contribution is -2.21. The number of halogens is 3. The average Bonchev–Trinajstić information content (AvgIpc) is 2.49. The van der Waals surface area contributed by atoms with Gasteiger partial charge in [0, 0.05) is 12.4 Å². The fraction of sp³-hybridized carbons (Fsp3) is 0.167. The minimum atomic E-state index is -4.57. The van der Waals surface area contributed by atoms with E-state index in [1.165, 1.54) is 0 Å². The molecule has 0 saturated carbocycles. The van der Waals surface area contributed by atoms with Gasteiger partial charge < -0.3 is 4.98 Å². The molecule has 0 amide bonds. The van der Waals surface area contributed by atoms with Crippen molar-refractivity contribution in [3.8, 4) is 6.07 Å². The number of hydrogen-bond acceptors (Lipinski definition) is 3. The molecule has 0 bridgehead atoms. The van der Waals surface area contributed by atoms with Gasteiger partial charge in [-0.1, -0.05) is 0 Å². The van der Waals surface area contributed by atoms with E-state index >= 15 is 0 Å². The highest BCUT2D eigenvalue weighted by Gasteiger charge is 2.43. The van der Waals surface area contributed by atoms with E-state index in [4.69, 9.17) is 28.5 Å². The molecule has 1 heterocycles. The first-order valence-electron chi connectivity index (χ1n) is 3.19. The molecule has 0 atom stereocenters. The van der Waals surface area contributed by atoms with Crippen LogP contribution in [0.3, 0.4) is 0 Å². The van der Waals surface area contributed by atoms with Crippen molar-refractivity contribution in [3.05, 3.63) is 18.0 Å². The largest absolute Gasteiger partial charge is 0.365 e. The molecule has 0 unspecified atom stereocenters. The number of nitrogens with one attached hydrogen (secondary N) is 1. The van der Waals surface area contributed by atoms with Gasteiger partial charge in [-0.05, 0) is 23.2 Å². The molecule has 4 nitrogen and oxygen atoms in total. The van der Waals surface area contributed by atoms with Gasteiger partial charge in [0.05, 0.1) is 5.56 Å². The molecule has 0 aromatic carbocycles. The molecule has 1 N–H and O–H groups in total. The van der Waals surface area contributed by atoms with Crippen LogP contribution in [0.2, 0.25) is 0 Å². The molecule has 0 aliphatic rings. The van der Waals surface area contributed by atoms with Crippen LogP contribution in [0.25, 0.3) is 0 Å². The zero-order valence-corrected chi connectivity index (χ0v) is 8.79. The van der Waals surface area contributed by atoms with Crippen LogP contribution in [0.1, 0.15) is 5.56 Å². The van der Waals surface area contributed by atoms with Crippen molar-refractivity contribution >= 4 is 33.0 Å². The molecule has 14 heavy (non-hydrogen) atoms. The molecule has 0 spiro atoms.